The van der Waals surface area contributed by atoms with Crippen LogP contribution in [0.5, 0.6) is 0 Å². The number of hydrogen-bond acceptors (Lipinski definition) is 3. The van der Waals surface area contributed by atoms with E-state index in [2.05, 4.69) is 5.32 Å². The second-order valence-corrected chi connectivity index (χ2v) is 7.14. The van der Waals surface area contributed by atoms with Gasteiger partial charge in [-0.05, 0) is 74.2 Å². The summed E-state index contributed by atoms with van der Waals surface area (Å²) < 4.78 is 14.3. The number of carbonyl (C=O) groups excluding carboxylic acids is 1. The molecule has 0 aromatic heterocycles. The maximum Gasteiger partial charge on any atom is 0.332 e. The maximum absolute atomic E-state index is 14.3. The fraction of sp³-hybridized carbons (Fsp3) is 0.273. The van der Waals surface area contributed by atoms with E-state index >= 15 is 0 Å². The fourth-order valence-corrected chi connectivity index (χ4v) is 2.96. The highest BCUT2D eigenvalue weighted by molar-refractivity contribution is 5.98. The molecule has 0 radical (unpaired) electrons. The van der Waals surface area contributed by atoms with Crippen molar-refractivity contribution in [2.75, 3.05) is 5.73 Å². The van der Waals surface area contributed by atoms with Crippen LogP contribution in [0.4, 0.5) is 10.1 Å². The number of rotatable bonds is 6. The number of nitrogens with two attached hydrogens (primary N) is 1. The molecule has 1 amide bonds. The molecular weight excluding hydrogens is 359 g/mol. The highest BCUT2D eigenvalue weighted by atomic mass is 19.1. The molecule has 0 unspecified atom stereocenters. The molecule has 0 bridgehead atoms. The lowest BCUT2D eigenvalue weighted by Crippen LogP contribution is -2.30. The summed E-state index contributed by atoms with van der Waals surface area (Å²) in [7, 11) is 0. The Balaban J connectivity index is 2.43. The number of nitrogens with one attached hydrogen (secondary N) is 1. The van der Waals surface area contributed by atoms with E-state index in [9.17, 15) is 19.1 Å². The highest BCUT2D eigenvalue weighted by Crippen LogP contribution is 2.30. The van der Waals surface area contributed by atoms with Gasteiger partial charge in [-0.15, -0.1) is 0 Å². The van der Waals surface area contributed by atoms with Crippen LogP contribution in [-0.4, -0.2) is 23.0 Å². The zero-order chi connectivity index (χ0) is 21.0. The van der Waals surface area contributed by atoms with Crippen molar-refractivity contribution in [1.82, 2.24) is 5.32 Å². The van der Waals surface area contributed by atoms with Crippen molar-refractivity contribution in [1.29, 1.82) is 0 Å². The summed E-state index contributed by atoms with van der Waals surface area (Å²) in [5, 5.41) is 12.1. The van der Waals surface area contributed by atoms with Crippen molar-refractivity contribution in [3.8, 4) is 11.1 Å². The maximum atomic E-state index is 14.3. The van der Waals surface area contributed by atoms with Gasteiger partial charge in [0.05, 0.1) is 6.42 Å². The summed E-state index contributed by atoms with van der Waals surface area (Å²) >= 11 is 0. The van der Waals surface area contributed by atoms with Gasteiger partial charge < -0.3 is 16.2 Å². The summed E-state index contributed by atoms with van der Waals surface area (Å²) in [4.78, 5) is 23.5. The van der Waals surface area contributed by atoms with E-state index in [1.54, 1.807) is 18.2 Å². The standard InChI is InChI=1S/C22H25FN2O3/c1-12(2)25-21(26)10-16(22(27)28)9-15-7-14(4)19(8-13(15)3)18-6-5-17(24)11-20(18)23/h5-9,11-12H,10,24H2,1-4H3,(H,25,26)(H,27,28)/b16-9+. The Hall–Kier alpha value is -3.15. The molecule has 2 aromatic carbocycles. The van der Waals surface area contributed by atoms with Gasteiger partial charge >= 0.3 is 5.97 Å². The first-order valence-electron chi connectivity index (χ1n) is 8.98. The molecule has 6 heteroatoms. The molecule has 2 aromatic rings. The summed E-state index contributed by atoms with van der Waals surface area (Å²) in [5.41, 5.74) is 9.34. The summed E-state index contributed by atoms with van der Waals surface area (Å²) in [6, 6.07) is 8.07. The second kappa shape index (κ2) is 8.69. The largest absolute Gasteiger partial charge is 0.478 e. The molecule has 0 atom stereocenters. The number of carboxylic acids is 1. The fourth-order valence-electron chi connectivity index (χ4n) is 2.96. The summed E-state index contributed by atoms with van der Waals surface area (Å²) in [6.07, 6.45) is 1.27. The number of anilines is 1. The van der Waals surface area contributed by atoms with Crippen LogP contribution in [0, 0.1) is 19.7 Å². The van der Waals surface area contributed by atoms with Gasteiger partial charge in [0.2, 0.25) is 5.91 Å². The Labute approximate surface area is 164 Å². The lowest BCUT2D eigenvalue weighted by Gasteiger charge is -2.13. The highest BCUT2D eigenvalue weighted by Gasteiger charge is 2.16. The van der Waals surface area contributed by atoms with Crippen LogP contribution in [0.15, 0.2) is 35.9 Å². The zero-order valence-electron chi connectivity index (χ0n) is 16.5. The van der Waals surface area contributed by atoms with Gasteiger partial charge in [-0.2, -0.15) is 0 Å². The van der Waals surface area contributed by atoms with Crippen molar-refractivity contribution < 1.29 is 19.1 Å². The van der Waals surface area contributed by atoms with E-state index < -0.39 is 11.8 Å². The monoisotopic (exact) mass is 384 g/mol. The van der Waals surface area contributed by atoms with Gasteiger partial charge in [0.15, 0.2) is 0 Å². The number of amides is 1. The van der Waals surface area contributed by atoms with Gasteiger partial charge in [0.1, 0.15) is 5.82 Å². The predicted octanol–water partition coefficient (Wildman–Crippen LogP) is 4.07. The first-order valence-corrected chi connectivity index (χ1v) is 8.98. The normalized spacial score (nSPS) is 11.6. The van der Waals surface area contributed by atoms with E-state index in [-0.39, 0.29) is 23.9 Å². The third kappa shape index (κ3) is 5.19. The van der Waals surface area contributed by atoms with Crippen LogP contribution in [0.2, 0.25) is 0 Å². The molecule has 0 aliphatic rings. The van der Waals surface area contributed by atoms with Crippen LogP contribution in [0.25, 0.3) is 17.2 Å². The molecule has 28 heavy (non-hydrogen) atoms. The smallest absolute Gasteiger partial charge is 0.332 e. The molecule has 0 heterocycles. The number of nitrogen functional groups attached to an aromatic ring is 1. The SMILES string of the molecule is Cc1cc(-c2ccc(N)cc2F)c(C)cc1/C=C(\CC(=O)NC(C)C)C(=O)O. The van der Waals surface area contributed by atoms with Gasteiger partial charge in [-0.1, -0.05) is 12.1 Å². The third-order valence-corrected chi connectivity index (χ3v) is 4.30. The van der Waals surface area contributed by atoms with Gasteiger partial charge in [0.25, 0.3) is 0 Å². The Kier molecular flexibility index (Phi) is 6.57. The quantitative estimate of drug-likeness (QED) is 0.517. The van der Waals surface area contributed by atoms with Crippen LogP contribution in [-0.2, 0) is 9.59 Å². The van der Waals surface area contributed by atoms with Crippen LogP contribution in [0.3, 0.4) is 0 Å². The minimum Gasteiger partial charge on any atom is -0.478 e. The van der Waals surface area contributed by atoms with Crippen molar-refractivity contribution in [2.24, 2.45) is 0 Å². The lowest BCUT2D eigenvalue weighted by atomic mass is 9.93. The predicted molar refractivity (Wildman–Crippen MR) is 109 cm³/mol. The van der Waals surface area contributed by atoms with E-state index in [0.717, 1.165) is 11.1 Å². The molecule has 0 aliphatic heterocycles. The van der Waals surface area contributed by atoms with E-state index in [4.69, 9.17) is 5.73 Å². The molecule has 0 saturated heterocycles. The Morgan fingerprint density at radius 3 is 2.39 bits per heavy atom. The molecule has 0 saturated carbocycles. The molecule has 4 N–H and O–H groups in total. The zero-order valence-corrected chi connectivity index (χ0v) is 16.5. The Bertz CT molecular complexity index is 949. The molecule has 148 valence electrons. The number of carbonyl (C=O) groups is 2. The lowest BCUT2D eigenvalue weighted by molar-refractivity contribution is -0.134. The average Bonchev–Trinajstić information content (AvgIpc) is 2.56. The van der Waals surface area contributed by atoms with E-state index in [1.165, 1.54) is 12.1 Å². The third-order valence-electron chi connectivity index (χ3n) is 4.30. The topological polar surface area (TPSA) is 92.4 Å². The van der Waals surface area contributed by atoms with Crippen molar-refractivity contribution >= 4 is 23.6 Å². The van der Waals surface area contributed by atoms with Gasteiger partial charge in [-0.3, -0.25) is 4.79 Å². The van der Waals surface area contributed by atoms with Gasteiger partial charge in [0, 0.05) is 22.9 Å². The Morgan fingerprint density at radius 2 is 1.82 bits per heavy atom. The van der Waals surface area contributed by atoms with Crippen LogP contribution >= 0.6 is 0 Å². The molecule has 0 fully saturated rings. The number of halogens is 1. The van der Waals surface area contributed by atoms with Crippen LogP contribution in [0.1, 0.15) is 37.0 Å². The minimum atomic E-state index is -1.15. The van der Waals surface area contributed by atoms with Crippen molar-refractivity contribution in [3.05, 3.63) is 58.4 Å². The molecule has 0 spiro atoms. The minimum absolute atomic E-state index is 0.00735. The first kappa shape index (κ1) is 21.2. The molecular formula is C22H25FN2O3. The van der Waals surface area contributed by atoms with Gasteiger partial charge in [-0.25, -0.2) is 9.18 Å². The number of benzene rings is 2. The number of carboxylic acid groups (broad SMARTS) is 1. The summed E-state index contributed by atoms with van der Waals surface area (Å²) in [6.45, 7) is 7.26. The summed E-state index contributed by atoms with van der Waals surface area (Å²) in [5.74, 6) is -1.91. The number of aryl methyl sites for hydroxylation is 2. The molecule has 5 nitrogen and oxygen atoms in total. The molecule has 0 aliphatic carbocycles. The van der Waals surface area contributed by atoms with E-state index in [1.807, 2.05) is 33.8 Å². The Morgan fingerprint density at radius 1 is 1.14 bits per heavy atom. The second-order valence-electron chi connectivity index (χ2n) is 7.14. The number of aliphatic carboxylic acids is 1. The van der Waals surface area contributed by atoms with E-state index in [0.29, 0.717) is 22.4 Å². The van der Waals surface area contributed by atoms with Crippen LogP contribution < -0.4 is 11.1 Å². The molecule has 2 rings (SSSR count). The number of hydrogen-bond donors (Lipinski definition) is 3. The van der Waals surface area contributed by atoms with Crippen molar-refractivity contribution in [2.45, 2.75) is 40.2 Å². The average molecular weight is 384 g/mol. The first-order chi connectivity index (χ1) is 13.1. The van der Waals surface area contributed by atoms with Crippen molar-refractivity contribution in [3.63, 3.8) is 0 Å².